The van der Waals surface area contributed by atoms with Gasteiger partial charge in [0.1, 0.15) is 0 Å². The van der Waals surface area contributed by atoms with Gasteiger partial charge in [-0.1, -0.05) is 23.7 Å². The summed E-state index contributed by atoms with van der Waals surface area (Å²) < 4.78 is 39.4. The van der Waals surface area contributed by atoms with Crippen LogP contribution in [0.5, 0.6) is 0 Å². The Labute approximate surface area is 245 Å². The zero-order chi connectivity index (χ0) is 30.4. The Kier molecular flexibility index (Phi) is 9.81. The summed E-state index contributed by atoms with van der Waals surface area (Å²) >= 11 is 5.65. The van der Waals surface area contributed by atoms with Crippen molar-refractivity contribution < 1.29 is 27.6 Å². The highest BCUT2D eigenvalue weighted by Crippen LogP contribution is 2.36. The second-order valence-electron chi connectivity index (χ2n) is 10.2. The fourth-order valence-electron chi connectivity index (χ4n) is 4.42. The minimum atomic E-state index is -4.66. The van der Waals surface area contributed by atoms with Gasteiger partial charge in [-0.3, -0.25) is 19.4 Å². The van der Waals surface area contributed by atoms with Crippen molar-refractivity contribution >= 4 is 35.0 Å². The van der Waals surface area contributed by atoms with E-state index in [0.717, 1.165) is 12.1 Å². The van der Waals surface area contributed by atoms with Crippen LogP contribution in [0.3, 0.4) is 0 Å². The van der Waals surface area contributed by atoms with Gasteiger partial charge < -0.3 is 26.2 Å². The molecule has 13 heteroatoms. The van der Waals surface area contributed by atoms with Gasteiger partial charge >= 0.3 is 6.18 Å². The highest BCUT2D eigenvalue weighted by Gasteiger charge is 2.34. The number of carbonyl (C=O) groups excluding carboxylic acids is 3. The zero-order valence-corrected chi connectivity index (χ0v) is 23.6. The van der Waals surface area contributed by atoms with Crippen molar-refractivity contribution in [1.82, 2.24) is 25.8 Å². The van der Waals surface area contributed by atoms with Gasteiger partial charge in [0, 0.05) is 54.9 Å². The van der Waals surface area contributed by atoms with Gasteiger partial charge in [0.2, 0.25) is 5.91 Å². The molecule has 1 aromatic heterocycles. The Morgan fingerprint density at radius 2 is 1.79 bits per heavy atom. The minimum absolute atomic E-state index is 0.0348. The topological polar surface area (TPSA) is 115 Å². The molecule has 3 aromatic rings. The van der Waals surface area contributed by atoms with Crippen LogP contribution in [0.15, 0.2) is 60.9 Å². The maximum absolute atomic E-state index is 13.1. The van der Waals surface area contributed by atoms with E-state index in [-0.39, 0.29) is 30.0 Å². The van der Waals surface area contributed by atoms with Crippen molar-refractivity contribution in [3.05, 3.63) is 82.6 Å². The third kappa shape index (κ3) is 8.05. The summed E-state index contributed by atoms with van der Waals surface area (Å²) in [4.78, 5) is 44.4. The van der Waals surface area contributed by atoms with Crippen LogP contribution < -0.4 is 21.3 Å². The Hall–Kier alpha value is -4.00. The molecular weight excluding hydrogens is 573 g/mol. The van der Waals surface area contributed by atoms with Crippen LogP contribution in [0.25, 0.3) is 11.1 Å². The molecule has 0 bridgehead atoms. The fraction of sp³-hybridized carbons (Fsp3) is 0.310. The average Bonchev–Trinajstić information content (AvgIpc) is 3.42. The van der Waals surface area contributed by atoms with E-state index in [0.29, 0.717) is 41.9 Å². The van der Waals surface area contributed by atoms with Gasteiger partial charge in [0.15, 0.2) is 0 Å². The molecule has 1 saturated heterocycles. The lowest BCUT2D eigenvalue weighted by Crippen LogP contribution is -2.36. The van der Waals surface area contributed by atoms with Gasteiger partial charge in [-0.2, -0.15) is 13.2 Å². The molecule has 0 radical (unpaired) electrons. The molecule has 0 spiro atoms. The first-order valence-corrected chi connectivity index (χ1v) is 13.5. The molecule has 1 aliphatic rings. The lowest BCUT2D eigenvalue weighted by molar-refractivity contribution is -0.137. The lowest BCUT2D eigenvalue weighted by Gasteiger charge is -2.15. The number of hydrogen-bond acceptors (Lipinski definition) is 6. The second kappa shape index (κ2) is 13.3. The smallest absolute Gasteiger partial charge is 0.351 e. The first-order chi connectivity index (χ1) is 19.9. The molecule has 42 heavy (non-hydrogen) atoms. The molecule has 3 amide bonds. The number of rotatable bonds is 9. The maximum Gasteiger partial charge on any atom is 0.417 e. The number of hydrogen-bond donors (Lipinski definition) is 4. The van der Waals surface area contributed by atoms with Crippen LogP contribution in [0, 0.1) is 0 Å². The Morgan fingerprint density at radius 1 is 1.02 bits per heavy atom. The number of amides is 3. The Bertz CT molecular complexity index is 1470. The van der Waals surface area contributed by atoms with E-state index in [2.05, 4.69) is 26.3 Å². The highest BCUT2D eigenvalue weighted by molar-refractivity contribution is 6.31. The quantitative estimate of drug-likeness (QED) is 0.296. The lowest BCUT2D eigenvalue weighted by atomic mass is 10.0. The van der Waals surface area contributed by atoms with Crippen LogP contribution in [0.2, 0.25) is 5.02 Å². The van der Waals surface area contributed by atoms with Crippen LogP contribution >= 0.6 is 11.6 Å². The molecular formula is C29H30ClF3N6O3. The summed E-state index contributed by atoms with van der Waals surface area (Å²) in [6.45, 7) is 1.49. The summed E-state index contributed by atoms with van der Waals surface area (Å²) in [6, 6.07) is 10.6. The third-order valence-corrected chi connectivity index (χ3v) is 6.95. The van der Waals surface area contributed by atoms with Gasteiger partial charge in [-0.15, -0.1) is 0 Å². The van der Waals surface area contributed by atoms with E-state index in [9.17, 15) is 27.6 Å². The number of likely N-dealkylation sites (N-methyl/N-ethyl adjacent to an activating group) is 1. The molecule has 4 N–H and O–H groups in total. The van der Waals surface area contributed by atoms with Gasteiger partial charge in [0.05, 0.1) is 22.2 Å². The van der Waals surface area contributed by atoms with Crippen LogP contribution in [-0.4, -0.2) is 73.4 Å². The van der Waals surface area contributed by atoms with E-state index in [1.807, 2.05) is 19.0 Å². The van der Waals surface area contributed by atoms with Gasteiger partial charge in [-0.25, -0.2) is 0 Å². The molecule has 2 atom stereocenters. The number of nitrogens with zero attached hydrogens (tertiary/aromatic N) is 2. The van der Waals surface area contributed by atoms with Gasteiger partial charge in [0.25, 0.3) is 11.8 Å². The molecule has 2 heterocycles. The number of carbonyl (C=O) groups is 3. The van der Waals surface area contributed by atoms with Crippen molar-refractivity contribution in [2.75, 3.05) is 39.0 Å². The summed E-state index contributed by atoms with van der Waals surface area (Å²) in [5.41, 5.74) is 1.06. The third-order valence-electron chi connectivity index (χ3n) is 6.62. The fourth-order valence-corrected chi connectivity index (χ4v) is 4.65. The zero-order valence-electron chi connectivity index (χ0n) is 22.9. The molecule has 0 aliphatic carbocycles. The summed E-state index contributed by atoms with van der Waals surface area (Å²) in [7, 11) is 3.83. The van der Waals surface area contributed by atoms with Crippen molar-refractivity contribution in [1.29, 1.82) is 0 Å². The average molecular weight is 603 g/mol. The second-order valence-corrected chi connectivity index (χ2v) is 10.6. The molecule has 9 nitrogen and oxygen atoms in total. The number of benzene rings is 2. The predicted octanol–water partition coefficient (Wildman–Crippen LogP) is 3.81. The van der Waals surface area contributed by atoms with E-state index in [1.165, 1.54) is 12.3 Å². The summed E-state index contributed by atoms with van der Waals surface area (Å²) in [6.07, 6.45) is -1.33. The van der Waals surface area contributed by atoms with Crippen LogP contribution in [0.4, 0.5) is 18.9 Å². The van der Waals surface area contributed by atoms with Crippen LogP contribution in [-0.2, 0) is 11.0 Å². The minimum Gasteiger partial charge on any atom is -0.351 e. The Morgan fingerprint density at radius 3 is 2.52 bits per heavy atom. The molecule has 222 valence electrons. The van der Waals surface area contributed by atoms with E-state index < -0.39 is 28.7 Å². The van der Waals surface area contributed by atoms with Crippen molar-refractivity contribution in [3.8, 4) is 11.1 Å². The molecule has 2 aromatic carbocycles. The van der Waals surface area contributed by atoms with E-state index in [1.54, 1.807) is 36.5 Å². The maximum atomic E-state index is 13.1. The van der Waals surface area contributed by atoms with Crippen LogP contribution in [0.1, 0.15) is 32.7 Å². The van der Waals surface area contributed by atoms with Gasteiger partial charge in [-0.05, 0) is 62.5 Å². The van der Waals surface area contributed by atoms with E-state index >= 15 is 0 Å². The molecule has 1 fully saturated rings. The molecule has 4 rings (SSSR count). The number of halogens is 4. The Balaban J connectivity index is 1.35. The highest BCUT2D eigenvalue weighted by atomic mass is 35.5. The molecule has 0 unspecified atom stereocenters. The number of nitrogens with one attached hydrogen (secondary N) is 4. The van der Waals surface area contributed by atoms with Crippen molar-refractivity contribution in [2.24, 2.45) is 0 Å². The number of alkyl halides is 3. The monoisotopic (exact) mass is 602 g/mol. The summed E-state index contributed by atoms with van der Waals surface area (Å²) in [5.74, 6) is -1.13. The molecule has 1 aliphatic heterocycles. The molecule has 0 saturated carbocycles. The van der Waals surface area contributed by atoms with E-state index in [4.69, 9.17) is 11.6 Å². The first kappa shape index (κ1) is 30.9. The number of anilines is 1. The van der Waals surface area contributed by atoms with Crippen molar-refractivity contribution in [2.45, 2.75) is 24.7 Å². The first-order valence-electron chi connectivity index (χ1n) is 13.1. The SMILES string of the molecule is CN(C)CCNC(=O)c1cncc(-c2cccc(C(=O)N[C@H]3CN[C@@H](C(=O)Nc4ccc(Cl)c(C(F)(F)F)c4)C3)c2)c1. The predicted molar refractivity (Wildman–Crippen MR) is 153 cm³/mol. The van der Waals surface area contributed by atoms with Crippen molar-refractivity contribution in [3.63, 3.8) is 0 Å². The number of pyridine rings is 1. The number of aromatic nitrogens is 1. The standard InChI is InChI=1S/C29H30ClF3N6O3/c1-39(2)9-8-35-26(40)20-11-19(14-34-15-20)17-4-3-5-18(10-17)27(41)38-22-13-25(36-16-22)28(42)37-21-6-7-24(30)23(12-21)29(31,32)33/h3-7,10-12,14-15,22,25,36H,8-9,13,16H2,1-2H3,(H,35,40)(H,37,42)(H,38,41)/t22-,25-/m1/s1. The largest absolute Gasteiger partial charge is 0.417 e. The normalized spacial score (nSPS) is 16.7. The summed E-state index contributed by atoms with van der Waals surface area (Å²) in [5, 5.41) is 10.7.